The highest BCUT2D eigenvalue weighted by Crippen LogP contribution is 2.20. The molecule has 0 aliphatic carbocycles. The van der Waals surface area contributed by atoms with Crippen LogP contribution in [0.4, 0.5) is 0 Å². The minimum absolute atomic E-state index is 0.137. The van der Waals surface area contributed by atoms with E-state index in [1.165, 1.54) is 11.1 Å². The molecule has 2 nitrogen and oxygen atoms in total. The average molecular weight is 208 g/mol. The van der Waals surface area contributed by atoms with Crippen molar-refractivity contribution in [3.63, 3.8) is 0 Å². The summed E-state index contributed by atoms with van der Waals surface area (Å²) in [7, 11) is 0. The molecule has 0 fully saturated rings. The highest BCUT2D eigenvalue weighted by atomic mass is 16.5. The summed E-state index contributed by atoms with van der Waals surface area (Å²) in [5.74, 6) is 0.883. The maximum Gasteiger partial charge on any atom is 0.119 e. The quantitative estimate of drug-likeness (QED) is 0.824. The van der Waals surface area contributed by atoms with Gasteiger partial charge in [-0.3, -0.25) is 0 Å². The average Bonchev–Trinajstić information content (AvgIpc) is 2.14. The first kappa shape index (κ1) is 12.1. The predicted octanol–water partition coefficient (Wildman–Crippen LogP) is 2.70. The van der Waals surface area contributed by atoms with Crippen LogP contribution in [0, 0.1) is 19.3 Å². The summed E-state index contributed by atoms with van der Waals surface area (Å²) in [4.78, 5) is 0. The Balaban J connectivity index is 2.65. The predicted molar refractivity (Wildman–Crippen MR) is 62.3 cm³/mol. The van der Waals surface area contributed by atoms with Crippen molar-refractivity contribution in [1.82, 2.24) is 0 Å². The third-order valence-corrected chi connectivity index (χ3v) is 2.25. The van der Waals surface area contributed by atoms with Crippen LogP contribution in [0.5, 0.6) is 5.75 Å². The van der Waals surface area contributed by atoms with Gasteiger partial charge in [-0.15, -0.1) is 0 Å². The molecule has 0 radical (unpaired) electrons. The van der Waals surface area contributed by atoms with Crippen molar-refractivity contribution >= 4 is 0 Å². The molecule has 1 N–H and O–H groups in total. The minimum Gasteiger partial charge on any atom is -0.493 e. The molecule has 0 aliphatic rings. The van der Waals surface area contributed by atoms with Crippen LogP contribution < -0.4 is 4.74 Å². The van der Waals surface area contributed by atoms with Gasteiger partial charge in [-0.25, -0.2) is 0 Å². The van der Waals surface area contributed by atoms with Gasteiger partial charge in [0, 0.05) is 5.41 Å². The number of aliphatic hydroxyl groups is 1. The van der Waals surface area contributed by atoms with Crippen LogP contribution in [-0.2, 0) is 0 Å². The standard InChI is InChI=1S/C13H20O2/c1-10-5-11(2)7-12(6-10)15-9-13(3,4)8-14/h5-7,14H,8-9H2,1-4H3. The van der Waals surface area contributed by atoms with Crippen molar-refractivity contribution in [2.45, 2.75) is 27.7 Å². The molecule has 1 aromatic rings. The Morgan fingerprint density at radius 1 is 1.13 bits per heavy atom. The van der Waals surface area contributed by atoms with E-state index in [4.69, 9.17) is 9.84 Å². The summed E-state index contributed by atoms with van der Waals surface area (Å²) in [5.41, 5.74) is 2.22. The van der Waals surface area contributed by atoms with E-state index >= 15 is 0 Å². The fourth-order valence-corrected chi connectivity index (χ4v) is 1.34. The summed E-state index contributed by atoms with van der Waals surface area (Å²) in [6.07, 6.45) is 0. The van der Waals surface area contributed by atoms with Gasteiger partial charge in [0.2, 0.25) is 0 Å². The summed E-state index contributed by atoms with van der Waals surface area (Å²) >= 11 is 0. The maximum atomic E-state index is 9.10. The zero-order chi connectivity index (χ0) is 11.5. The van der Waals surface area contributed by atoms with E-state index in [-0.39, 0.29) is 12.0 Å². The zero-order valence-electron chi connectivity index (χ0n) is 10.0. The zero-order valence-corrected chi connectivity index (χ0v) is 10.0. The first-order chi connectivity index (χ1) is 6.93. The Kier molecular flexibility index (Phi) is 3.75. The number of aliphatic hydroxyl groups excluding tert-OH is 1. The van der Waals surface area contributed by atoms with Crippen molar-refractivity contribution in [3.8, 4) is 5.75 Å². The summed E-state index contributed by atoms with van der Waals surface area (Å²) in [6.45, 7) is 8.74. The molecule has 0 amide bonds. The Morgan fingerprint density at radius 2 is 1.67 bits per heavy atom. The van der Waals surface area contributed by atoms with Gasteiger partial charge >= 0.3 is 0 Å². The normalized spacial score (nSPS) is 11.5. The van der Waals surface area contributed by atoms with E-state index in [9.17, 15) is 0 Å². The smallest absolute Gasteiger partial charge is 0.119 e. The number of ether oxygens (including phenoxy) is 1. The molecule has 0 aromatic heterocycles. The lowest BCUT2D eigenvalue weighted by Crippen LogP contribution is -2.25. The second-order valence-electron chi connectivity index (χ2n) is 4.93. The molecule has 15 heavy (non-hydrogen) atoms. The SMILES string of the molecule is Cc1cc(C)cc(OCC(C)(C)CO)c1. The molecule has 0 unspecified atom stereocenters. The second kappa shape index (κ2) is 4.67. The maximum absolute atomic E-state index is 9.10. The fraction of sp³-hybridized carbons (Fsp3) is 0.538. The van der Waals surface area contributed by atoms with Crippen molar-refractivity contribution in [3.05, 3.63) is 29.3 Å². The molecule has 0 bridgehead atoms. The van der Waals surface area contributed by atoms with E-state index in [1.54, 1.807) is 0 Å². The topological polar surface area (TPSA) is 29.5 Å². The molecule has 0 heterocycles. The van der Waals surface area contributed by atoms with Crippen LogP contribution >= 0.6 is 0 Å². The lowest BCUT2D eigenvalue weighted by Gasteiger charge is -2.22. The van der Waals surface area contributed by atoms with Gasteiger partial charge in [0.25, 0.3) is 0 Å². The molecule has 0 saturated heterocycles. The summed E-state index contributed by atoms with van der Waals surface area (Å²) in [6, 6.07) is 6.14. The lowest BCUT2D eigenvalue weighted by molar-refractivity contribution is 0.0975. The van der Waals surface area contributed by atoms with E-state index in [0.717, 1.165) is 5.75 Å². The van der Waals surface area contributed by atoms with Gasteiger partial charge < -0.3 is 9.84 Å². The number of hydrogen-bond acceptors (Lipinski definition) is 2. The molecule has 0 saturated carbocycles. The van der Waals surface area contributed by atoms with E-state index in [0.29, 0.717) is 6.61 Å². The van der Waals surface area contributed by atoms with Crippen LogP contribution in [0.25, 0.3) is 0 Å². The van der Waals surface area contributed by atoms with Gasteiger partial charge in [-0.2, -0.15) is 0 Å². The Labute approximate surface area is 91.9 Å². The first-order valence-corrected chi connectivity index (χ1v) is 5.25. The van der Waals surface area contributed by atoms with Gasteiger partial charge in [-0.1, -0.05) is 19.9 Å². The highest BCUT2D eigenvalue weighted by molar-refractivity contribution is 5.33. The van der Waals surface area contributed by atoms with Crippen LogP contribution in [0.2, 0.25) is 0 Å². The van der Waals surface area contributed by atoms with E-state index in [1.807, 2.05) is 26.0 Å². The number of aryl methyl sites for hydroxylation is 2. The van der Waals surface area contributed by atoms with Crippen molar-refractivity contribution in [2.75, 3.05) is 13.2 Å². The van der Waals surface area contributed by atoms with Gasteiger partial charge in [0.1, 0.15) is 5.75 Å². The second-order valence-corrected chi connectivity index (χ2v) is 4.93. The van der Waals surface area contributed by atoms with Crippen molar-refractivity contribution < 1.29 is 9.84 Å². The van der Waals surface area contributed by atoms with Crippen LogP contribution in [0.3, 0.4) is 0 Å². The van der Waals surface area contributed by atoms with Gasteiger partial charge in [0.15, 0.2) is 0 Å². The Hall–Kier alpha value is -1.02. The highest BCUT2D eigenvalue weighted by Gasteiger charge is 2.17. The summed E-state index contributed by atoms with van der Waals surface area (Å²) in [5, 5.41) is 9.10. The molecular weight excluding hydrogens is 188 g/mol. The molecule has 1 aromatic carbocycles. The Morgan fingerprint density at radius 3 is 2.13 bits per heavy atom. The number of rotatable bonds is 4. The fourth-order valence-electron chi connectivity index (χ4n) is 1.34. The van der Waals surface area contributed by atoms with Crippen LogP contribution in [0.15, 0.2) is 18.2 Å². The first-order valence-electron chi connectivity index (χ1n) is 5.25. The van der Waals surface area contributed by atoms with Crippen molar-refractivity contribution in [1.29, 1.82) is 0 Å². The molecular formula is C13H20O2. The summed E-state index contributed by atoms with van der Waals surface area (Å²) < 4.78 is 5.66. The molecule has 84 valence electrons. The van der Waals surface area contributed by atoms with Crippen LogP contribution in [0.1, 0.15) is 25.0 Å². The molecule has 2 heteroatoms. The van der Waals surface area contributed by atoms with Gasteiger partial charge in [0.05, 0.1) is 13.2 Å². The Bertz CT molecular complexity index is 309. The van der Waals surface area contributed by atoms with Gasteiger partial charge in [-0.05, 0) is 37.1 Å². The number of benzene rings is 1. The monoisotopic (exact) mass is 208 g/mol. The minimum atomic E-state index is -0.183. The molecule has 0 aliphatic heterocycles. The number of hydrogen-bond donors (Lipinski definition) is 1. The third kappa shape index (κ3) is 3.92. The molecule has 0 atom stereocenters. The van der Waals surface area contributed by atoms with E-state index in [2.05, 4.69) is 19.9 Å². The third-order valence-electron chi connectivity index (χ3n) is 2.25. The van der Waals surface area contributed by atoms with E-state index < -0.39 is 0 Å². The molecule has 0 spiro atoms. The lowest BCUT2D eigenvalue weighted by atomic mass is 9.96. The van der Waals surface area contributed by atoms with Crippen LogP contribution in [-0.4, -0.2) is 18.3 Å². The molecule has 1 rings (SSSR count). The largest absolute Gasteiger partial charge is 0.493 e. The van der Waals surface area contributed by atoms with Crippen molar-refractivity contribution in [2.24, 2.45) is 5.41 Å².